The van der Waals surface area contributed by atoms with E-state index in [4.69, 9.17) is 4.52 Å². The second-order valence-corrected chi connectivity index (χ2v) is 6.43. The van der Waals surface area contributed by atoms with Gasteiger partial charge in [-0.05, 0) is 45.3 Å². The average Bonchev–Trinajstić information content (AvgIpc) is 3.05. The number of aromatic nitrogens is 2. The number of hydrogen-bond acceptors (Lipinski definition) is 5. The molecular formula is C16H28N4O. The molecule has 1 unspecified atom stereocenters. The van der Waals surface area contributed by atoms with Crippen LogP contribution in [0, 0.1) is 0 Å². The Labute approximate surface area is 127 Å². The minimum Gasteiger partial charge on any atom is -0.339 e. The minimum atomic E-state index is 0.534. The lowest BCUT2D eigenvalue weighted by Crippen LogP contribution is -2.40. The van der Waals surface area contributed by atoms with Crippen LogP contribution < -0.4 is 0 Å². The summed E-state index contributed by atoms with van der Waals surface area (Å²) in [5.41, 5.74) is 0. The maximum Gasteiger partial charge on any atom is 0.229 e. The van der Waals surface area contributed by atoms with Crippen molar-refractivity contribution in [2.75, 3.05) is 26.2 Å². The number of nitrogens with zero attached hydrogens (tertiary/aromatic N) is 4. The molecule has 3 rings (SSSR count). The van der Waals surface area contributed by atoms with E-state index in [1.807, 2.05) is 0 Å². The summed E-state index contributed by atoms with van der Waals surface area (Å²) in [5, 5.41) is 4.18. The molecule has 0 amide bonds. The molecule has 1 aromatic heterocycles. The smallest absolute Gasteiger partial charge is 0.229 e. The molecule has 118 valence electrons. The van der Waals surface area contributed by atoms with Gasteiger partial charge in [-0.3, -0.25) is 9.80 Å². The summed E-state index contributed by atoms with van der Waals surface area (Å²) < 4.78 is 5.43. The Kier molecular flexibility index (Phi) is 4.91. The van der Waals surface area contributed by atoms with E-state index in [2.05, 4.69) is 33.8 Å². The predicted octanol–water partition coefficient (Wildman–Crippen LogP) is 2.64. The lowest BCUT2D eigenvalue weighted by atomic mass is 9.85. The summed E-state index contributed by atoms with van der Waals surface area (Å²) in [6.45, 7) is 9.89. The Morgan fingerprint density at radius 2 is 2.10 bits per heavy atom. The van der Waals surface area contributed by atoms with E-state index < -0.39 is 0 Å². The Bertz CT molecular complexity index is 443. The average molecular weight is 292 g/mol. The summed E-state index contributed by atoms with van der Waals surface area (Å²) in [7, 11) is 0. The van der Waals surface area contributed by atoms with Crippen molar-refractivity contribution >= 4 is 0 Å². The number of likely N-dealkylation sites (tertiary alicyclic amines) is 1. The van der Waals surface area contributed by atoms with Gasteiger partial charge in [0.2, 0.25) is 5.89 Å². The van der Waals surface area contributed by atoms with E-state index >= 15 is 0 Å². The molecule has 1 atom stereocenters. The fourth-order valence-corrected chi connectivity index (χ4v) is 3.47. The molecule has 1 aromatic rings. The van der Waals surface area contributed by atoms with Crippen LogP contribution in [-0.4, -0.2) is 52.2 Å². The highest BCUT2D eigenvalue weighted by Crippen LogP contribution is 2.35. The number of likely N-dealkylation sites (N-methyl/N-ethyl adjacent to an activating group) is 2. The van der Waals surface area contributed by atoms with Crippen LogP contribution in [0.4, 0.5) is 0 Å². The molecule has 0 bridgehead atoms. The van der Waals surface area contributed by atoms with Gasteiger partial charge in [0.25, 0.3) is 0 Å². The van der Waals surface area contributed by atoms with Crippen LogP contribution >= 0.6 is 0 Å². The normalized spacial score (nSPS) is 23.9. The molecule has 1 aliphatic carbocycles. The van der Waals surface area contributed by atoms with Gasteiger partial charge in [-0.15, -0.1) is 0 Å². The summed E-state index contributed by atoms with van der Waals surface area (Å²) in [6, 6.07) is 0.702. The zero-order chi connectivity index (χ0) is 14.7. The largest absolute Gasteiger partial charge is 0.339 e. The van der Waals surface area contributed by atoms with E-state index in [0.717, 1.165) is 37.9 Å². The molecular weight excluding hydrogens is 264 g/mol. The predicted molar refractivity (Wildman–Crippen MR) is 82.1 cm³/mol. The topological polar surface area (TPSA) is 45.4 Å². The highest BCUT2D eigenvalue weighted by atomic mass is 16.5. The van der Waals surface area contributed by atoms with Crippen molar-refractivity contribution in [2.45, 2.75) is 64.5 Å². The van der Waals surface area contributed by atoms with Gasteiger partial charge >= 0.3 is 0 Å². The second-order valence-electron chi connectivity index (χ2n) is 6.43. The van der Waals surface area contributed by atoms with Crippen molar-refractivity contribution in [3.05, 3.63) is 11.7 Å². The molecule has 0 spiro atoms. The van der Waals surface area contributed by atoms with Crippen molar-refractivity contribution in [1.29, 1.82) is 0 Å². The molecule has 2 heterocycles. The van der Waals surface area contributed by atoms with Crippen LogP contribution in [-0.2, 0) is 6.54 Å². The quantitative estimate of drug-likeness (QED) is 0.773. The van der Waals surface area contributed by atoms with E-state index in [1.54, 1.807) is 0 Å². The van der Waals surface area contributed by atoms with Crippen LogP contribution in [0.3, 0.4) is 0 Å². The molecule has 2 aliphatic rings. The van der Waals surface area contributed by atoms with Crippen molar-refractivity contribution in [3.8, 4) is 0 Å². The van der Waals surface area contributed by atoms with Gasteiger partial charge in [0.1, 0.15) is 0 Å². The highest BCUT2D eigenvalue weighted by molar-refractivity contribution is 4.98. The molecule has 21 heavy (non-hydrogen) atoms. The third kappa shape index (κ3) is 3.46. The Balaban J connectivity index is 1.55. The fraction of sp³-hybridized carbons (Fsp3) is 0.875. The number of hydrogen-bond donors (Lipinski definition) is 0. The molecule has 2 fully saturated rings. The zero-order valence-corrected chi connectivity index (χ0v) is 13.4. The van der Waals surface area contributed by atoms with Gasteiger partial charge in [0.05, 0.1) is 6.54 Å². The van der Waals surface area contributed by atoms with Gasteiger partial charge in [-0.2, -0.15) is 4.98 Å². The second kappa shape index (κ2) is 6.88. The van der Waals surface area contributed by atoms with Gasteiger partial charge in [0, 0.05) is 18.5 Å². The van der Waals surface area contributed by atoms with Crippen molar-refractivity contribution in [1.82, 2.24) is 19.9 Å². The summed E-state index contributed by atoms with van der Waals surface area (Å²) >= 11 is 0. The van der Waals surface area contributed by atoms with Gasteiger partial charge in [-0.25, -0.2) is 0 Å². The van der Waals surface area contributed by atoms with Gasteiger partial charge < -0.3 is 4.52 Å². The third-order valence-electron chi connectivity index (χ3n) is 5.12. The van der Waals surface area contributed by atoms with Crippen molar-refractivity contribution in [2.24, 2.45) is 0 Å². The molecule has 1 saturated heterocycles. The molecule has 1 aliphatic heterocycles. The Morgan fingerprint density at radius 3 is 2.76 bits per heavy atom. The lowest BCUT2D eigenvalue weighted by Gasteiger charge is -2.28. The van der Waals surface area contributed by atoms with E-state index in [-0.39, 0.29) is 0 Å². The van der Waals surface area contributed by atoms with Crippen LogP contribution in [0.15, 0.2) is 4.52 Å². The van der Waals surface area contributed by atoms with E-state index in [1.165, 1.54) is 38.6 Å². The number of rotatable bonds is 7. The zero-order valence-electron chi connectivity index (χ0n) is 13.4. The monoisotopic (exact) mass is 292 g/mol. The first-order valence-corrected chi connectivity index (χ1v) is 8.59. The maximum atomic E-state index is 5.43. The fourth-order valence-electron chi connectivity index (χ4n) is 3.47. The molecule has 1 saturated carbocycles. The SMILES string of the molecule is CCN(Cc1noc(C2CCC2)n1)CC1CCCN1CC. The van der Waals surface area contributed by atoms with Crippen LogP contribution in [0.2, 0.25) is 0 Å². The lowest BCUT2D eigenvalue weighted by molar-refractivity contribution is 0.173. The summed E-state index contributed by atoms with van der Waals surface area (Å²) in [5.74, 6) is 2.26. The summed E-state index contributed by atoms with van der Waals surface area (Å²) in [6.07, 6.45) is 6.39. The third-order valence-corrected chi connectivity index (χ3v) is 5.12. The van der Waals surface area contributed by atoms with E-state index in [0.29, 0.717) is 12.0 Å². The molecule has 0 N–H and O–H groups in total. The highest BCUT2D eigenvalue weighted by Gasteiger charge is 2.27. The molecule has 0 aromatic carbocycles. The molecule has 5 nitrogen and oxygen atoms in total. The van der Waals surface area contributed by atoms with Crippen molar-refractivity contribution < 1.29 is 4.52 Å². The summed E-state index contributed by atoms with van der Waals surface area (Å²) in [4.78, 5) is 9.65. The van der Waals surface area contributed by atoms with Crippen LogP contribution in [0.1, 0.15) is 63.6 Å². The van der Waals surface area contributed by atoms with Crippen LogP contribution in [0.5, 0.6) is 0 Å². The van der Waals surface area contributed by atoms with Gasteiger partial charge in [0.15, 0.2) is 5.82 Å². The van der Waals surface area contributed by atoms with E-state index in [9.17, 15) is 0 Å². The maximum absolute atomic E-state index is 5.43. The standard InChI is InChI=1S/C16H28N4O/c1-3-19(11-14-9-6-10-20(14)4-2)12-15-17-16(21-18-15)13-7-5-8-13/h13-14H,3-12H2,1-2H3. The molecule has 5 heteroatoms. The van der Waals surface area contributed by atoms with Gasteiger partial charge in [-0.1, -0.05) is 25.4 Å². The first kappa shape index (κ1) is 15.0. The first-order chi connectivity index (χ1) is 10.3. The first-order valence-electron chi connectivity index (χ1n) is 8.59. The van der Waals surface area contributed by atoms with Crippen molar-refractivity contribution in [3.63, 3.8) is 0 Å². The Hall–Kier alpha value is -0.940. The Morgan fingerprint density at radius 1 is 1.24 bits per heavy atom. The minimum absolute atomic E-state index is 0.534. The molecule has 0 radical (unpaired) electrons. The van der Waals surface area contributed by atoms with Crippen LogP contribution in [0.25, 0.3) is 0 Å².